The first-order valence-electron chi connectivity index (χ1n) is 9.50. The lowest BCUT2D eigenvalue weighted by molar-refractivity contribution is 0.700. The molecule has 0 saturated carbocycles. The molecule has 3 rings (SSSR count). The molecule has 1 N–H and O–H groups in total. The van der Waals surface area contributed by atoms with E-state index in [1.54, 1.807) is 0 Å². The van der Waals surface area contributed by atoms with E-state index in [4.69, 9.17) is 16.6 Å². The van der Waals surface area contributed by atoms with Crippen LogP contribution in [0.3, 0.4) is 0 Å². The van der Waals surface area contributed by atoms with Crippen LogP contribution < -0.4 is 5.56 Å². The number of aryl methyl sites for hydroxylation is 2. The van der Waals surface area contributed by atoms with Crippen molar-refractivity contribution in [2.24, 2.45) is 0 Å². The van der Waals surface area contributed by atoms with Gasteiger partial charge in [-0.25, -0.2) is 4.98 Å². The van der Waals surface area contributed by atoms with Crippen LogP contribution in [0.2, 0.25) is 5.02 Å². The third-order valence-electron chi connectivity index (χ3n) is 4.74. The molecule has 0 aliphatic carbocycles. The summed E-state index contributed by atoms with van der Waals surface area (Å²) in [6.45, 7) is 4.24. The summed E-state index contributed by atoms with van der Waals surface area (Å²) in [6.07, 6.45) is 4.73. The maximum Gasteiger partial charge on any atom is 0.254 e. The van der Waals surface area contributed by atoms with Crippen LogP contribution in [0.25, 0.3) is 11.4 Å². The molecule has 0 aliphatic heterocycles. The molecule has 0 unspecified atom stereocenters. The maximum absolute atomic E-state index is 12.9. The van der Waals surface area contributed by atoms with Crippen LogP contribution in [0.15, 0.2) is 53.3 Å². The summed E-state index contributed by atoms with van der Waals surface area (Å²) >= 11 is 5.98. The summed E-state index contributed by atoms with van der Waals surface area (Å²) in [4.78, 5) is 20.7. The summed E-state index contributed by atoms with van der Waals surface area (Å²) in [7, 11) is 0. The van der Waals surface area contributed by atoms with Gasteiger partial charge < -0.3 is 4.98 Å². The number of hydrogen-bond acceptors (Lipinski definition) is 2. The molecule has 0 fully saturated rings. The van der Waals surface area contributed by atoms with Crippen LogP contribution in [-0.2, 0) is 12.8 Å². The Morgan fingerprint density at radius 2 is 1.70 bits per heavy atom. The van der Waals surface area contributed by atoms with Gasteiger partial charge in [-0.15, -0.1) is 0 Å². The van der Waals surface area contributed by atoms with Gasteiger partial charge in [-0.1, -0.05) is 61.2 Å². The van der Waals surface area contributed by atoms with Crippen LogP contribution in [-0.4, -0.2) is 9.97 Å². The highest BCUT2D eigenvalue weighted by Crippen LogP contribution is 2.20. The molecule has 0 amide bonds. The first kappa shape index (κ1) is 19.4. The second kappa shape index (κ2) is 9.01. The fraction of sp³-hybridized carbons (Fsp3) is 0.304. The van der Waals surface area contributed by atoms with Gasteiger partial charge in [-0.3, -0.25) is 4.79 Å². The molecule has 3 nitrogen and oxygen atoms in total. The molecular weight excluding hydrogens is 356 g/mol. The lowest BCUT2D eigenvalue weighted by atomic mass is 10.0. The van der Waals surface area contributed by atoms with Crippen molar-refractivity contribution in [1.29, 1.82) is 0 Å². The van der Waals surface area contributed by atoms with Crippen LogP contribution in [0.5, 0.6) is 0 Å². The molecule has 140 valence electrons. The molecule has 2 aromatic carbocycles. The summed E-state index contributed by atoms with van der Waals surface area (Å²) in [5, 5.41) is 0.667. The van der Waals surface area contributed by atoms with Crippen molar-refractivity contribution in [1.82, 2.24) is 9.97 Å². The molecule has 0 radical (unpaired) electrons. The van der Waals surface area contributed by atoms with E-state index in [1.165, 1.54) is 5.56 Å². The number of nitrogens with one attached hydrogen (secondary N) is 1. The Kier molecular flexibility index (Phi) is 6.46. The topological polar surface area (TPSA) is 45.8 Å². The average Bonchev–Trinajstić information content (AvgIpc) is 2.66. The number of benzene rings is 2. The monoisotopic (exact) mass is 380 g/mol. The van der Waals surface area contributed by atoms with E-state index in [-0.39, 0.29) is 5.56 Å². The number of halogens is 1. The predicted molar refractivity (Wildman–Crippen MR) is 113 cm³/mol. The Bertz CT molecular complexity index is 944. The number of hydrogen-bond donors (Lipinski definition) is 1. The normalized spacial score (nSPS) is 10.9. The van der Waals surface area contributed by atoms with Gasteiger partial charge in [0.25, 0.3) is 5.56 Å². The van der Waals surface area contributed by atoms with E-state index in [0.717, 1.165) is 48.1 Å². The Labute approximate surface area is 165 Å². The molecule has 0 atom stereocenters. The minimum Gasteiger partial charge on any atom is -0.306 e. The van der Waals surface area contributed by atoms with Gasteiger partial charge >= 0.3 is 0 Å². The second-order valence-electron chi connectivity index (χ2n) is 6.97. The van der Waals surface area contributed by atoms with Gasteiger partial charge in [0.15, 0.2) is 0 Å². The van der Waals surface area contributed by atoms with Crippen molar-refractivity contribution < 1.29 is 0 Å². The molecule has 0 bridgehead atoms. The summed E-state index contributed by atoms with van der Waals surface area (Å²) < 4.78 is 0. The minimum atomic E-state index is -0.0537. The van der Waals surface area contributed by atoms with E-state index < -0.39 is 0 Å². The van der Waals surface area contributed by atoms with Gasteiger partial charge in [0.05, 0.1) is 5.69 Å². The van der Waals surface area contributed by atoms with Gasteiger partial charge in [-0.05, 0) is 49.6 Å². The number of unbranched alkanes of at least 4 members (excludes halogenated alkanes) is 2. The summed E-state index contributed by atoms with van der Waals surface area (Å²) in [5.74, 6) is 0.607. The van der Waals surface area contributed by atoms with Gasteiger partial charge in [-0.2, -0.15) is 0 Å². The number of H-pyrrole nitrogens is 1. The number of aromatic amines is 1. The largest absolute Gasteiger partial charge is 0.306 e. The number of rotatable bonds is 7. The van der Waals surface area contributed by atoms with Crippen molar-refractivity contribution in [3.63, 3.8) is 0 Å². The smallest absolute Gasteiger partial charge is 0.254 e. The summed E-state index contributed by atoms with van der Waals surface area (Å²) in [5.41, 5.74) is 4.83. The Hall–Kier alpha value is -2.39. The van der Waals surface area contributed by atoms with Crippen LogP contribution in [0.1, 0.15) is 48.6 Å². The predicted octanol–water partition coefficient (Wildman–Crippen LogP) is 5.72. The number of aromatic nitrogens is 2. The third kappa shape index (κ3) is 5.08. The number of nitrogens with zero attached hydrogens (tertiary/aromatic N) is 1. The molecule has 1 heterocycles. The zero-order valence-corrected chi connectivity index (χ0v) is 16.6. The highest BCUT2D eigenvalue weighted by Gasteiger charge is 2.13. The second-order valence-corrected chi connectivity index (χ2v) is 7.40. The van der Waals surface area contributed by atoms with Crippen molar-refractivity contribution in [3.8, 4) is 11.4 Å². The quantitative estimate of drug-likeness (QED) is 0.532. The van der Waals surface area contributed by atoms with Gasteiger partial charge in [0.1, 0.15) is 5.82 Å². The van der Waals surface area contributed by atoms with Crippen molar-refractivity contribution in [3.05, 3.63) is 86.3 Å². The van der Waals surface area contributed by atoms with Gasteiger partial charge in [0.2, 0.25) is 0 Å². The zero-order valence-electron chi connectivity index (χ0n) is 15.9. The van der Waals surface area contributed by atoms with Gasteiger partial charge in [0, 0.05) is 22.6 Å². The minimum absolute atomic E-state index is 0.0537. The van der Waals surface area contributed by atoms with E-state index in [0.29, 0.717) is 17.3 Å². The van der Waals surface area contributed by atoms with E-state index in [9.17, 15) is 4.79 Å². The molecule has 4 heteroatoms. The average molecular weight is 381 g/mol. The van der Waals surface area contributed by atoms with Crippen LogP contribution in [0, 0.1) is 6.92 Å². The molecule has 0 aliphatic rings. The lowest BCUT2D eigenvalue weighted by Gasteiger charge is -2.11. The molecule has 27 heavy (non-hydrogen) atoms. The Morgan fingerprint density at radius 1 is 1.00 bits per heavy atom. The SMILES string of the molecule is CCCCCc1nc(-c2ccc(Cl)cc2)[nH]c(=O)c1Cc1ccc(C)cc1. The zero-order chi connectivity index (χ0) is 19.2. The van der Waals surface area contributed by atoms with E-state index in [1.807, 2.05) is 24.3 Å². The van der Waals surface area contributed by atoms with Crippen LogP contribution >= 0.6 is 11.6 Å². The Balaban J connectivity index is 1.98. The Morgan fingerprint density at radius 3 is 2.37 bits per heavy atom. The van der Waals surface area contributed by atoms with Crippen LogP contribution in [0.4, 0.5) is 0 Å². The summed E-state index contributed by atoms with van der Waals surface area (Å²) in [6, 6.07) is 15.7. The highest BCUT2D eigenvalue weighted by molar-refractivity contribution is 6.30. The molecule has 1 aromatic heterocycles. The molecule has 0 saturated heterocycles. The first-order valence-corrected chi connectivity index (χ1v) is 9.88. The van der Waals surface area contributed by atoms with Crippen molar-refractivity contribution in [2.45, 2.75) is 46.0 Å². The molecular formula is C23H25ClN2O. The standard InChI is InChI=1S/C23H25ClN2O/c1-3-4-5-6-21-20(15-17-9-7-16(2)8-10-17)23(27)26-22(25-21)18-11-13-19(24)14-12-18/h7-14H,3-6,15H2,1-2H3,(H,25,26,27). The molecule has 0 spiro atoms. The van der Waals surface area contributed by atoms with Crippen molar-refractivity contribution >= 4 is 11.6 Å². The van der Waals surface area contributed by atoms with E-state index >= 15 is 0 Å². The molecule has 3 aromatic rings. The lowest BCUT2D eigenvalue weighted by Crippen LogP contribution is -2.19. The fourth-order valence-corrected chi connectivity index (χ4v) is 3.26. The fourth-order valence-electron chi connectivity index (χ4n) is 3.13. The van der Waals surface area contributed by atoms with Crippen molar-refractivity contribution in [2.75, 3.05) is 0 Å². The highest BCUT2D eigenvalue weighted by atomic mass is 35.5. The maximum atomic E-state index is 12.9. The van der Waals surface area contributed by atoms with E-state index in [2.05, 4.69) is 43.1 Å². The first-order chi connectivity index (χ1) is 13.1. The third-order valence-corrected chi connectivity index (χ3v) is 4.99.